The first-order chi connectivity index (χ1) is 12.1. The summed E-state index contributed by atoms with van der Waals surface area (Å²) in [6.07, 6.45) is 1.93. The molecule has 0 bridgehead atoms. The molecule has 2 heterocycles. The molecule has 0 spiro atoms. The zero-order valence-corrected chi connectivity index (χ0v) is 16.9. The Kier molecular flexibility index (Phi) is 6.44. The van der Waals surface area contributed by atoms with E-state index in [0.29, 0.717) is 15.8 Å². The van der Waals surface area contributed by atoms with Gasteiger partial charge < -0.3 is 4.74 Å². The van der Waals surface area contributed by atoms with Crippen molar-refractivity contribution in [3.8, 4) is 5.75 Å². The summed E-state index contributed by atoms with van der Waals surface area (Å²) in [4.78, 5) is 17.2. The molecule has 1 amide bonds. The van der Waals surface area contributed by atoms with E-state index in [-0.39, 0.29) is 5.91 Å². The van der Waals surface area contributed by atoms with Crippen LogP contribution in [0.1, 0.15) is 18.1 Å². The summed E-state index contributed by atoms with van der Waals surface area (Å²) in [6.45, 7) is 5.64. The predicted molar refractivity (Wildman–Crippen MR) is 111 cm³/mol. The highest BCUT2D eigenvalue weighted by Crippen LogP contribution is 2.33. The van der Waals surface area contributed by atoms with Gasteiger partial charge in [0.2, 0.25) is 0 Å². The van der Waals surface area contributed by atoms with Crippen LogP contribution in [-0.4, -0.2) is 58.3 Å². The van der Waals surface area contributed by atoms with Crippen LogP contribution < -0.4 is 4.74 Å². The Morgan fingerprint density at radius 3 is 2.72 bits per heavy atom. The van der Waals surface area contributed by atoms with E-state index < -0.39 is 0 Å². The van der Waals surface area contributed by atoms with Crippen LogP contribution in [0.5, 0.6) is 5.75 Å². The number of ether oxygens (including phenoxy) is 1. The summed E-state index contributed by atoms with van der Waals surface area (Å²) in [5.41, 5.74) is 2.17. The lowest BCUT2D eigenvalue weighted by atomic mass is 10.1. The number of benzene rings is 1. The van der Waals surface area contributed by atoms with E-state index in [4.69, 9.17) is 17.0 Å². The molecule has 0 N–H and O–H groups in total. The van der Waals surface area contributed by atoms with E-state index in [1.165, 1.54) is 23.3 Å². The topological polar surface area (TPSA) is 32.8 Å². The molecule has 1 aromatic carbocycles. The van der Waals surface area contributed by atoms with Gasteiger partial charge in [-0.05, 0) is 30.7 Å². The SMILES string of the molecule is CCN1C(=O)/C(=C\c2ccc(OC)c(CN3CCSCC3)c2)SC1=S. The molecular formula is C18H22N2O2S3. The van der Waals surface area contributed by atoms with E-state index in [0.717, 1.165) is 36.5 Å². The van der Waals surface area contributed by atoms with Crippen LogP contribution in [0.2, 0.25) is 0 Å². The molecule has 3 rings (SSSR count). The molecule has 0 radical (unpaired) electrons. The first-order valence-electron chi connectivity index (χ1n) is 8.34. The van der Waals surface area contributed by atoms with Gasteiger partial charge in [0, 0.05) is 43.2 Å². The third-order valence-electron chi connectivity index (χ3n) is 4.29. The number of likely N-dealkylation sites (N-methyl/N-ethyl adjacent to an activating group) is 1. The summed E-state index contributed by atoms with van der Waals surface area (Å²) in [6, 6.07) is 6.10. The number of rotatable bonds is 5. The van der Waals surface area contributed by atoms with Crippen molar-refractivity contribution in [1.29, 1.82) is 0 Å². The molecule has 0 unspecified atom stereocenters. The third-order valence-corrected chi connectivity index (χ3v) is 6.61. The van der Waals surface area contributed by atoms with E-state index in [1.54, 1.807) is 12.0 Å². The van der Waals surface area contributed by atoms with E-state index in [1.807, 2.05) is 36.9 Å². The molecule has 0 atom stereocenters. The second-order valence-corrected chi connectivity index (χ2v) is 8.79. The molecule has 4 nitrogen and oxygen atoms in total. The maximum absolute atomic E-state index is 12.4. The summed E-state index contributed by atoms with van der Waals surface area (Å²) in [5, 5.41) is 0. The second kappa shape index (κ2) is 8.58. The van der Waals surface area contributed by atoms with Crippen LogP contribution in [-0.2, 0) is 11.3 Å². The predicted octanol–water partition coefficient (Wildman–Crippen LogP) is 3.47. The van der Waals surface area contributed by atoms with Crippen molar-refractivity contribution in [3.63, 3.8) is 0 Å². The van der Waals surface area contributed by atoms with Gasteiger partial charge >= 0.3 is 0 Å². The normalized spacial score (nSPS) is 20.6. The number of thioether (sulfide) groups is 2. The molecule has 2 aliphatic heterocycles. The van der Waals surface area contributed by atoms with Gasteiger partial charge in [-0.1, -0.05) is 30.0 Å². The minimum absolute atomic E-state index is 0.00271. The average Bonchev–Trinajstić information content (AvgIpc) is 2.89. The van der Waals surface area contributed by atoms with Crippen molar-refractivity contribution in [2.45, 2.75) is 13.5 Å². The monoisotopic (exact) mass is 394 g/mol. The Balaban J connectivity index is 1.82. The van der Waals surface area contributed by atoms with Crippen molar-refractivity contribution in [2.75, 3.05) is 38.2 Å². The highest BCUT2D eigenvalue weighted by molar-refractivity contribution is 8.26. The summed E-state index contributed by atoms with van der Waals surface area (Å²) >= 11 is 8.67. The number of hydrogen-bond donors (Lipinski definition) is 0. The van der Waals surface area contributed by atoms with Crippen LogP contribution >= 0.6 is 35.7 Å². The maximum atomic E-state index is 12.4. The van der Waals surface area contributed by atoms with Crippen LogP contribution in [0.4, 0.5) is 0 Å². The quantitative estimate of drug-likeness (QED) is 0.562. The van der Waals surface area contributed by atoms with Gasteiger partial charge in [0.1, 0.15) is 10.1 Å². The number of carbonyl (C=O) groups is 1. The number of amides is 1. The minimum Gasteiger partial charge on any atom is -0.496 e. The maximum Gasteiger partial charge on any atom is 0.266 e. The van der Waals surface area contributed by atoms with E-state index in [9.17, 15) is 4.79 Å². The highest BCUT2D eigenvalue weighted by Gasteiger charge is 2.30. The van der Waals surface area contributed by atoms with E-state index >= 15 is 0 Å². The average molecular weight is 395 g/mol. The fourth-order valence-electron chi connectivity index (χ4n) is 2.94. The van der Waals surface area contributed by atoms with Crippen molar-refractivity contribution in [1.82, 2.24) is 9.80 Å². The number of methoxy groups -OCH3 is 1. The smallest absolute Gasteiger partial charge is 0.266 e. The lowest BCUT2D eigenvalue weighted by molar-refractivity contribution is -0.121. The minimum atomic E-state index is 0.00271. The van der Waals surface area contributed by atoms with Gasteiger partial charge in [-0.3, -0.25) is 14.6 Å². The standard InChI is InChI=1S/C18H22N2O2S3/c1-3-20-17(21)16(25-18(20)23)11-13-4-5-15(22-2)14(10-13)12-19-6-8-24-9-7-19/h4-5,10-11H,3,6-9,12H2,1-2H3/b16-11+. The number of nitrogens with zero attached hydrogens (tertiary/aromatic N) is 2. The Hall–Kier alpha value is -1.02. The molecule has 7 heteroatoms. The van der Waals surface area contributed by atoms with E-state index in [2.05, 4.69) is 11.0 Å². The van der Waals surface area contributed by atoms with Gasteiger partial charge in [-0.2, -0.15) is 11.8 Å². The molecule has 0 aliphatic carbocycles. The van der Waals surface area contributed by atoms with Gasteiger partial charge in [0.15, 0.2) is 0 Å². The van der Waals surface area contributed by atoms with Crippen molar-refractivity contribution in [2.24, 2.45) is 0 Å². The fraction of sp³-hybridized carbons (Fsp3) is 0.444. The lowest BCUT2D eigenvalue weighted by Gasteiger charge is -2.26. The van der Waals surface area contributed by atoms with Crippen molar-refractivity contribution in [3.05, 3.63) is 34.2 Å². The molecule has 2 fully saturated rings. The van der Waals surface area contributed by atoms with Crippen LogP contribution in [0.15, 0.2) is 23.1 Å². The molecule has 134 valence electrons. The first-order valence-corrected chi connectivity index (χ1v) is 10.7. The summed E-state index contributed by atoms with van der Waals surface area (Å²) in [5.74, 6) is 3.27. The number of carbonyl (C=O) groups excluding carboxylic acids is 1. The molecule has 0 saturated carbocycles. The first kappa shape index (κ1) is 18.8. The van der Waals surface area contributed by atoms with Gasteiger partial charge in [0.25, 0.3) is 5.91 Å². The fourth-order valence-corrected chi connectivity index (χ4v) is 5.30. The summed E-state index contributed by atoms with van der Waals surface area (Å²) in [7, 11) is 1.71. The van der Waals surface area contributed by atoms with Gasteiger partial charge in [0.05, 0.1) is 12.0 Å². The number of hydrogen-bond acceptors (Lipinski definition) is 6. The Bertz CT molecular complexity index is 700. The van der Waals surface area contributed by atoms with Crippen LogP contribution in [0.3, 0.4) is 0 Å². The second-order valence-electron chi connectivity index (χ2n) is 5.89. The number of thiocarbonyl (C=S) groups is 1. The third kappa shape index (κ3) is 4.39. The lowest BCUT2D eigenvalue weighted by Crippen LogP contribution is -2.32. The molecule has 0 aromatic heterocycles. The van der Waals surface area contributed by atoms with Gasteiger partial charge in [-0.25, -0.2) is 0 Å². The Morgan fingerprint density at radius 1 is 1.32 bits per heavy atom. The molecule has 2 aliphatic rings. The van der Waals surface area contributed by atoms with Gasteiger partial charge in [-0.15, -0.1) is 0 Å². The van der Waals surface area contributed by atoms with Crippen molar-refractivity contribution >= 4 is 52.0 Å². The largest absolute Gasteiger partial charge is 0.496 e. The van der Waals surface area contributed by atoms with Crippen molar-refractivity contribution < 1.29 is 9.53 Å². The molecular weight excluding hydrogens is 372 g/mol. The zero-order chi connectivity index (χ0) is 17.8. The Morgan fingerprint density at radius 2 is 2.08 bits per heavy atom. The van der Waals surface area contributed by atoms with Crippen LogP contribution in [0, 0.1) is 0 Å². The molecule has 25 heavy (non-hydrogen) atoms. The highest BCUT2D eigenvalue weighted by atomic mass is 32.2. The molecule has 2 saturated heterocycles. The van der Waals surface area contributed by atoms with Crippen LogP contribution in [0.25, 0.3) is 6.08 Å². The zero-order valence-electron chi connectivity index (χ0n) is 14.5. The Labute approximate surface area is 163 Å². The molecule has 1 aromatic rings. The summed E-state index contributed by atoms with van der Waals surface area (Å²) < 4.78 is 6.17.